The summed E-state index contributed by atoms with van der Waals surface area (Å²) in [5, 5.41) is 0.921. The van der Waals surface area contributed by atoms with Crippen LogP contribution in [0.25, 0.3) is 9.65 Å². The first-order valence-corrected chi connectivity index (χ1v) is 8.04. The van der Waals surface area contributed by atoms with Crippen molar-refractivity contribution < 1.29 is 0 Å². The molecule has 2 aromatic rings. The van der Waals surface area contributed by atoms with Gasteiger partial charge in [-0.1, -0.05) is 0 Å². The molecule has 0 fully saturated rings. The van der Waals surface area contributed by atoms with E-state index in [1.807, 2.05) is 24.3 Å². The summed E-state index contributed by atoms with van der Waals surface area (Å²) in [5.74, 6) is 0. The van der Waals surface area contributed by atoms with Crippen molar-refractivity contribution in [2.45, 2.75) is 39.0 Å². The zero-order valence-corrected chi connectivity index (χ0v) is 12.0. The Hall–Kier alpha value is -0.851. The third-order valence-corrected chi connectivity index (χ3v) is 5.40. The van der Waals surface area contributed by atoms with Gasteiger partial charge in [0.2, 0.25) is 0 Å². The Labute approximate surface area is 108 Å². The molecule has 0 atom stereocenters. The van der Waals surface area contributed by atoms with Gasteiger partial charge in [0.15, 0.2) is 0 Å². The average molecular weight is 293 g/mol. The summed E-state index contributed by atoms with van der Waals surface area (Å²) >= 11 is 0.372. The number of unbranched alkanes of at least 4 members (excludes halogenated alkanes) is 3. The van der Waals surface area contributed by atoms with Gasteiger partial charge in [-0.05, 0) is 0 Å². The van der Waals surface area contributed by atoms with Gasteiger partial charge in [-0.25, -0.2) is 0 Å². The fourth-order valence-electron chi connectivity index (χ4n) is 2.00. The van der Waals surface area contributed by atoms with E-state index in [0.29, 0.717) is 14.5 Å². The molecular formula is C15H18OSe. The molecule has 0 bridgehead atoms. The van der Waals surface area contributed by atoms with Crippen molar-refractivity contribution in [3.8, 4) is 0 Å². The Kier molecular flexibility index (Phi) is 4.58. The number of hydrogen-bond donors (Lipinski definition) is 0. The van der Waals surface area contributed by atoms with E-state index in [9.17, 15) is 4.79 Å². The quantitative estimate of drug-likeness (QED) is 0.610. The van der Waals surface area contributed by atoms with Gasteiger partial charge in [0.1, 0.15) is 0 Å². The van der Waals surface area contributed by atoms with Gasteiger partial charge in [-0.3, -0.25) is 0 Å². The predicted molar refractivity (Wildman–Crippen MR) is 75.0 cm³/mol. The van der Waals surface area contributed by atoms with Crippen LogP contribution in [0.5, 0.6) is 0 Å². The summed E-state index contributed by atoms with van der Waals surface area (Å²) in [6.07, 6.45) is 6.22. The van der Waals surface area contributed by atoms with Gasteiger partial charge >= 0.3 is 108 Å². The van der Waals surface area contributed by atoms with Crippen molar-refractivity contribution in [3.63, 3.8) is 0 Å². The van der Waals surface area contributed by atoms with Gasteiger partial charge in [0, 0.05) is 0 Å². The Morgan fingerprint density at radius 3 is 2.76 bits per heavy atom. The van der Waals surface area contributed by atoms with Crippen LogP contribution in [0.3, 0.4) is 0 Å². The van der Waals surface area contributed by atoms with Crippen LogP contribution >= 0.6 is 0 Å². The maximum atomic E-state index is 11.9. The Balaban J connectivity index is 2.16. The molecule has 0 amide bonds. The zero-order valence-electron chi connectivity index (χ0n) is 10.2. The van der Waals surface area contributed by atoms with Crippen molar-refractivity contribution >= 4 is 24.1 Å². The second-order valence-electron chi connectivity index (χ2n) is 4.38. The molecule has 2 rings (SSSR count). The topological polar surface area (TPSA) is 17.1 Å². The molecule has 90 valence electrons. The first-order chi connectivity index (χ1) is 8.31. The van der Waals surface area contributed by atoms with Crippen molar-refractivity contribution in [1.82, 2.24) is 0 Å². The summed E-state index contributed by atoms with van der Waals surface area (Å²) in [4.78, 5) is 11.9. The Bertz CT molecular complexity index is 542. The number of rotatable bonds is 5. The van der Waals surface area contributed by atoms with Crippen LogP contribution in [0, 0.1) is 0 Å². The molecule has 0 aliphatic rings. The van der Waals surface area contributed by atoms with Gasteiger partial charge < -0.3 is 0 Å². The molecule has 0 saturated heterocycles. The molecule has 0 aliphatic carbocycles. The van der Waals surface area contributed by atoms with Crippen molar-refractivity contribution in [1.29, 1.82) is 0 Å². The van der Waals surface area contributed by atoms with E-state index >= 15 is 0 Å². The normalized spacial score (nSPS) is 10.9. The van der Waals surface area contributed by atoms with E-state index in [1.165, 1.54) is 34.4 Å². The first-order valence-electron chi connectivity index (χ1n) is 6.33. The molecule has 0 saturated carbocycles. The van der Waals surface area contributed by atoms with Crippen molar-refractivity contribution in [3.05, 3.63) is 45.0 Å². The number of aryl methyl sites for hydroxylation is 1. The third kappa shape index (κ3) is 3.31. The second kappa shape index (κ2) is 6.18. The number of benzene rings is 1. The van der Waals surface area contributed by atoms with Gasteiger partial charge in [0.25, 0.3) is 0 Å². The van der Waals surface area contributed by atoms with E-state index in [0.717, 1.165) is 11.8 Å². The van der Waals surface area contributed by atoms with E-state index in [1.54, 1.807) is 0 Å². The van der Waals surface area contributed by atoms with Crippen LogP contribution in [0.1, 0.15) is 37.0 Å². The van der Waals surface area contributed by atoms with Gasteiger partial charge in [-0.2, -0.15) is 0 Å². The van der Waals surface area contributed by atoms with Crippen LogP contribution < -0.4 is 5.43 Å². The Morgan fingerprint density at radius 2 is 1.94 bits per heavy atom. The first kappa shape index (κ1) is 12.6. The van der Waals surface area contributed by atoms with Gasteiger partial charge in [0.05, 0.1) is 0 Å². The molecule has 1 aromatic heterocycles. The minimum absolute atomic E-state index is 0.208. The molecule has 1 nitrogen and oxygen atoms in total. The summed E-state index contributed by atoms with van der Waals surface area (Å²) in [6.45, 7) is 2.23. The molecule has 0 N–H and O–H groups in total. The predicted octanol–water partition coefficient (Wildman–Crippen LogP) is 3.38. The molecule has 0 radical (unpaired) electrons. The summed E-state index contributed by atoms with van der Waals surface area (Å²) in [7, 11) is 0. The summed E-state index contributed by atoms with van der Waals surface area (Å²) < 4.78 is 2.63. The molecular weight excluding hydrogens is 275 g/mol. The van der Waals surface area contributed by atoms with Crippen LogP contribution in [0.4, 0.5) is 0 Å². The summed E-state index contributed by atoms with van der Waals surface area (Å²) in [5.41, 5.74) is 0.208. The van der Waals surface area contributed by atoms with Crippen molar-refractivity contribution in [2.75, 3.05) is 0 Å². The van der Waals surface area contributed by atoms with E-state index in [-0.39, 0.29) is 5.43 Å². The Morgan fingerprint density at radius 1 is 1.12 bits per heavy atom. The number of fused-ring (bicyclic) bond motifs is 1. The van der Waals surface area contributed by atoms with Gasteiger partial charge in [-0.15, -0.1) is 0 Å². The average Bonchev–Trinajstić information content (AvgIpc) is 2.35. The van der Waals surface area contributed by atoms with E-state index in [4.69, 9.17) is 0 Å². The molecule has 0 unspecified atom stereocenters. The molecule has 17 heavy (non-hydrogen) atoms. The fourth-order valence-corrected chi connectivity index (χ4v) is 4.35. The van der Waals surface area contributed by atoms with E-state index < -0.39 is 0 Å². The van der Waals surface area contributed by atoms with Crippen molar-refractivity contribution in [2.24, 2.45) is 0 Å². The third-order valence-electron chi connectivity index (χ3n) is 2.96. The number of hydrogen-bond acceptors (Lipinski definition) is 1. The zero-order chi connectivity index (χ0) is 12.1. The monoisotopic (exact) mass is 294 g/mol. The van der Waals surface area contributed by atoms with Crippen LogP contribution in [0.15, 0.2) is 35.1 Å². The fraction of sp³-hybridized carbons (Fsp3) is 0.400. The standard InChI is InChI=1S/C15H18OSe/c1-2-3-4-5-8-12-11-14(16)13-9-6-7-10-15(13)17-12/h6-7,9-11H,2-5,8H2,1H3. The van der Waals surface area contributed by atoms with Crippen LogP contribution in [-0.2, 0) is 6.42 Å². The molecule has 2 heteroatoms. The molecule has 0 spiro atoms. The van der Waals surface area contributed by atoms with Crippen LogP contribution in [-0.4, -0.2) is 14.5 Å². The maximum absolute atomic E-state index is 11.9. The second-order valence-corrected chi connectivity index (χ2v) is 6.84. The SMILES string of the molecule is CCCCCCc1cc(=O)c2ccccc2[se]1. The van der Waals surface area contributed by atoms with Crippen LogP contribution in [0.2, 0.25) is 0 Å². The molecule has 1 aromatic carbocycles. The summed E-state index contributed by atoms with van der Waals surface area (Å²) in [6, 6.07) is 9.92. The van der Waals surface area contributed by atoms with E-state index in [2.05, 4.69) is 13.0 Å². The molecule has 1 heterocycles. The molecule has 0 aliphatic heterocycles. The minimum atomic E-state index is 0.208.